The van der Waals surface area contributed by atoms with Crippen LogP contribution in [0.15, 0.2) is 12.2 Å². The molecule has 88 valence electrons. The molecule has 0 aliphatic carbocycles. The number of aliphatic carboxylic acids is 1. The van der Waals surface area contributed by atoms with Crippen LogP contribution in [-0.4, -0.2) is 47.0 Å². The summed E-state index contributed by atoms with van der Waals surface area (Å²) < 4.78 is 4.96. The van der Waals surface area contributed by atoms with Gasteiger partial charge in [0.15, 0.2) is 0 Å². The van der Waals surface area contributed by atoms with E-state index in [2.05, 4.69) is 0 Å². The quantitative estimate of drug-likeness (QED) is 0.532. The van der Waals surface area contributed by atoms with Gasteiger partial charge in [-0.05, 0) is 0 Å². The summed E-state index contributed by atoms with van der Waals surface area (Å²) in [5.74, 6) is -1.95. The molecule has 6 heteroatoms. The summed E-state index contributed by atoms with van der Waals surface area (Å²) in [5.41, 5.74) is 0. The lowest BCUT2D eigenvalue weighted by Crippen LogP contribution is -2.28. The maximum atomic E-state index is 11.1. The number of carboxylic acids is 1. The molecule has 1 unspecified atom stereocenters. The molecule has 1 aliphatic rings. The lowest BCUT2D eigenvalue weighted by Gasteiger charge is -2.13. The smallest absolute Gasteiger partial charge is 0.331 e. The number of hydrogen-bond donors (Lipinski definition) is 1. The Morgan fingerprint density at radius 2 is 2.06 bits per heavy atom. The molecule has 16 heavy (non-hydrogen) atoms. The molecule has 1 amide bonds. The van der Waals surface area contributed by atoms with Crippen molar-refractivity contribution in [2.24, 2.45) is 0 Å². The Labute approximate surface area is 92.5 Å². The second-order valence-electron chi connectivity index (χ2n) is 3.48. The van der Waals surface area contributed by atoms with Gasteiger partial charge in [-0.15, -0.1) is 0 Å². The number of ether oxygens (including phenoxy) is 1. The van der Waals surface area contributed by atoms with Crippen molar-refractivity contribution in [3.8, 4) is 0 Å². The molecule has 0 aromatic rings. The van der Waals surface area contributed by atoms with Crippen molar-refractivity contribution < 1.29 is 24.2 Å². The Morgan fingerprint density at radius 1 is 1.38 bits per heavy atom. The minimum absolute atomic E-state index is 0.0559. The molecule has 6 nitrogen and oxygen atoms in total. The monoisotopic (exact) mass is 227 g/mol. The highest BCUT2D eigenvalue weighted by molar-refractivity contribution is 5.90. The molecule has 1 rings (SSSR count). The summed E-state index contributed by atoms with van der Waals surface area (Å²) in [4.78, 5) is 33.8. The number of likely N-dealkylation sites (tertiary alicyclic amines) is 1. The largest absolute Gasteiger partial charge is 0.478 e. The number of carbonyl (C=O) groups is 3. The van der Waals surface area contributed by atoms with E-state index in [1.54, 1.807) is 4.90 Å². The van der Waals surface area contributed by atoms with Gasteiger partial charge in [0.1, 0.15) is 6.10 Å². The van der Waals surface area contributed by atoms with Crippen molar-refractivity contribution >= 4 is 17.8 Å². The van der Waals surface area contributed by atoms with Crippen LogP contribution in [0.2, 0.25) is 0 Å². The molecule has 1 fully saturated rings. The van der Waals surface area contributed by atoms with Crippen LogP contribution in [-0.2, 0) is 19.1 Å². The van der Waals surface area contributed by atoms with Gasteiger partial charge in [0.2, 0.25) is 5.91 Å². The average molecular weight is 227 g/mol. The molecule has 1 heterocycles. The summed E-state index contributed by atoms with van der Waals surface area (Å²) in [6.45, 7) is 2.40. The van der Waals surface area contributed by atoms with Crippen LogP contribution in [0, 0.1) is 0 Å². The minimum atomic E-state index is -1.20. The number of carboxylic acid groups (broad SMARTS) is 1. The van der Waals surface area contributed by atoms with Gasteiger partial charge in [-0.3, -0.25) is 4.79 Å². The fraction of sp³-hybridized carbons (Fsp3) is 0.500. The summed E-state index contributed by atoms with van der Waals surface area (Å²) in [6.07, 6.45) is 1.83. The number of nitrogens with zero attached hydrogens (tertiary/aromatic N) is 1. The third-order valence-corrected chi connectivity index (χ3v) is 2.24. The zero-order valence-corrected chi connectivity index (χ0v) is 8.88. The zero-order valence-electron chi connectivity index (χ0n) is 8.88. The molecule has 1 saturated heterocycles. The Hall–Kier alpha value is -1.85. The number of hydrogen-bond acceptors (Lipinski definition) is 4. The van der Waals surface area contributed by atoms with Gasteiger partial charge in [-0.25, -0.2) is 9.59 Å². The van der Waals surface area contributed by atoms with Gasteiger partial charge in [0.05, 0.1) is 6.54 Å². The summed E-state index contributed by atoms with van der Waals surface area (Å²) in [6, 6.07) is 0. The highest BCUT2D eigenvalue weighted by Crippen LogP contribution is 2.12. The summed E-state index contributed by atoms with van der Waals surface area (Å²) in [5, 5.41) is 8.29. The van der Waals surface area contributed by atoms with Gasteiger partial charge >= 0.3 is 11.9 Å². The van der Waals surface area contributed by atoms with Crippen LogP contribution >= 0.6 is 0 Å². The van der Waals surface area contributed by atoms with E-state index in [1.165, 1.54) is 6.92 Å². The summed E-state index contributed by atoms with van der Waals surface area (Å²) in [7, 11) is 0. The molecule has 0 aromatic carbocycles. The van der Waals surface area contributed by atoms with Crippen molar-refractivity contribution in [1.29, 1.82) is 0 Å². The van der Waals surface area contributed by atoms with Crippen molar-refractivity contribution in [3.63, 3.8) is 0 Å². The Balaban J connectivity index is 2.37. The van der Waals surface area contributed by atoms with Crippen molar-refractivity contribution in [3.05, 3.63) is 12.2 Å². The van der Waals surface area contributed by atoms with E-state index in [9.17, 15) is 14.4 Å². The summed E-state index contributed by atoms with van der Waals surface area (Å²) >= 11 is 0. The van der Waals surface area contributed by atoms with Crippen LogP contribution in [0.25, 0.3) is 0 Å². The Morgan fingerprint density at radius 3 is 2.56 bits per heavy atom. The standard InChI is InChI=1S/C10H13NO5/c1-7(12)11-5-4-8(6-11)16-10(15)3-2-9(13)14/h2-3,8H,4-6H2,1H3,(H,13,14)/b3-2+. The molecule has 1 aliphatic heterocycles. The molecule has 0 saturated carbocycles. The van der Waals surface area contributed by atoms with E-state index in [0.717, 1.165) is 12.2 Å². The van der Waals surface area contributed by atoms with E-state index in [0.29, 0.717) is 19.5 Å². The van der Waals surface area contributed by atoms with Gasteiger partial charge in [-0.1, -0.05) is 0 Å². The van der Waals surface area contributed by atoms with Crippen LogP contribution in [0.5, 0.6) is 0 Å². The zero-order chi connectivity index (χ0) is 12.1. The third kappa shape index (κ3) is 3.72. The highest BCUT2D eigenvalue weighted by Gasteiger charge is 2.26. The maximum Gasteiger partial charge on any atom is 0.331 e. The van der Waals surface area contributed by atoms with E-state index in [1.807, 2.05) is 0 Å². The Kier molecular flexibility index (Phi) is 4.04. The molecular weight excluding hydrogens is 214 g/mol. The predicted molar refractivity (Wildman–Crippen MR) is 53.5 cm³/mol. The van der Waals surface area contributed by atoms with Crippen molar-refractivity contribution in [2.75, 3.05) is 13.1 Å². The van der Waals surface area contributed by atoms with Crippen LogP contribution in [0.1, 0.15) is 13.3 Å². The van der Waals surface area contributed by atoms with Crippen LogP contribution < -0.4 is 0 Å². The number of carbonyl (C=O) groups excluding carboxylic acids is 2. The third-order valence-electron chi connectivity index (χ3n) is 2.24. The molecule has 0 aromatic heterocycles. The first kappa shape index (κ1) is 12.2. The van der Waals surface area contributed by atoms with Gasteiger partial charge in [0.25, 0.3) is 0 Å². The number of amides is 1. The second kappa shape index (κ2) is 5.29. The number of esters is 1. The van der Waals surface area contributed by atoms with E-state index in [-0.39, 0.29) is 12.0 Å². The molecule has 0 bridgehead atoms. The van der Waals surface area contributed by atoms with E-state index in [4.69, 9.17) is 9.84 Å². The van der Waals surface area contributed by atoms with Crippen molar-refractivity contribution in [2.45, 2.75) is 19.4 Å². The highest BCUT2D eigenvalue weighted by atomic mass is 16.5. The van der Waals surface area contributed by atoms with Crippen molar-refractivity contribution in [1.82, 2.24) is 4.90 Å². The van der Waals surface area contributed by atoms with Crippen LogP contribution in [0.3, 0.4) is 0 Å². The lowest BCUT2D eigenvalue weighted by molar-refractivity contribution is -0.143. The second-order valence-corrected chi connectivity index (χ2v) is 3.48. The Bertz CT molecular complexity index is 336. The fourth-order valence-electron chi connectivity index (χ4n) is 1.45. The predicted octanol–water partition coefficient (Wildman–Crippen LogP) is -0.209. The minimum Gasteiger partial charge on any atom is -0.478 e. The van der Waals surface area contributed by atoms with Gasteiger partial charge in [0, 0.05) is 32.0 Å². The van der Waals surface area contributed by atoms with E-state index < -0.39 is 11.9 Å². The van der Waals surface area contributed by atoms with E-state index >= 15 is 0 Å². The molecule has 1 atom stereocenters. The normalized spacial score (nSPS) is 20.1. The maximum absolute atomic E-state index is 11.1. The van der Waals surface area contributed by atoms with Gasteiger partial charge in [-0.2, -0.15) is 0 Å². The van der Waals surface area contributed by atoms with Gasteiger partial charge < -0.3 is 14.7 Å². The molecule has 0 spiro atoms. The topological polar surface area (TPSA) is 83.9 Å². The molecule has 0 radical (unpaired) electrons. The first-order valence-electron chi connectivity index (χ1n) is 4.86. The first-order chi connectivity index (χ1) is 7.49. The molecular formula is C10H13NO5. The first-order valence-corrected chi connectivity index (χ1v) is 4.86. The molecule has 1 N–H and O–H groups in total. The average Bonchev–Trinajstić information content (AvgIpc) is 2.63. The lowest BCUT2D eigenvalue weighted by atomic mass is 10.3. The fourth-order valence-corrected chi connectivity index (χ4v) is 1.45. The van der Waals surface area contributed by atoms with Crippen LogP contribution in [0.4, 0.5) is 0 Å². The SMILES string of the molecule is CC(=O)N1CCC(OC(=O)/C=C/C(=O)O)C1. The number of rotatable bonds is 3.